The van der Waals surface area contributed by atoms with Gasteiger partial charge in [0.05, 0.1) is 32.0 Å². The molecule has 2 saturated heterocycles. The third-order valence-electron chi connectivity index (χ3n) is 8.82. The lowest BCUT2D eigenvalue weighted by atomic mass is 9.97. The number of hydrogen-bond donors (Lipinski definition) is 9. The Morgan fingerprint density at radius 2 is 1.24 bits per heavy atom. The number of unbranched alkanes of at least 4 members (excludes halogenated alkanes) is 10. The fraction of sp³-hybridized carbons (Fsp3) is 0.969. The molecule has 12 unspecified atom stereocenters. The van der Waals surface area contributed by atoms with Crippen molar-refractivity contribution in [3.05, 3.63) is 0 Å². The van der Waals surface area contributed by atoms with Crippen molar-refractivity contribution in [2.24, 2.45) is 0 Å². The second-order valence-electron chi connectivity index (χ2n) is 12.7. The van der Waals surface area contributed by atoms with Gasteiger partial charge in [0.25, 0.3) is 0 Å². The van der Waals surface area contributed by atoms with Crippen LogP contribution in [-0.2, 0) is 23.7 Å². The number of rotatable bonds is 23. The number of hydrogen-bond acceptors (Lipinski definition) is 13. The van der Waals surface area contributed by atoms with Crippen LogP contribution in [0.3, 0.4) is 0 Å². The summed E-state index contributed by atoms with van der Waals surface area (Å²) in [7, 11) is 0. The van der Waals surface area contributed by atoms with Crippen molar-refractivity contribution in [1.82, 2.24) is 5.32 Å². The number of amides is 1. The van der Waals surface area contributed by atoms with E-state index in [4.69, 9.17) is 18.9 Å². The van der Waals surface area contributed by atoms with Crippen LogP contribution in [0.5, 0.6) is 0 Å². The lowest BCUT2D eigenvalue weighted by Crippen LogP contribution is -2.65. The van der Waals surface area contributed by atoms with Gasteiger partial charge in [-0.2, -0.15) is 0 Å². The van der Waals surface area contributed by atoms with Gasteiger partial charge in [0.15, 0.2) is 12.6 Å². The monoisotopic (exact) mass is 667 g/mol. The molecule has 2 rings (SSSR count). The Labute approximate surface area is 273 Å². The van der Waals surface area contributed by atoms with Gasteiger partial charge in [-0.25, -0.2) is 0 Å². The summed E-state index contributed by atoms with van der Waals surface area (Å²) in [6.45, 7) is 2.59. The van der Waals surface area contributed by atoms with Crippen LogP contribution in [0.2, 0.25) is 0 Å². The van der Waals surface area contributed by atoms with E-state index in [1.807, 2.05) is 6.92 Å². The van der Waals surface area contributed by atoms with E-state index >= 15 is 0 Å². The molecule has 0 bridgehead atoms. The van der Waals surface area contributed by atoms with E-state index < -0.39 is 86.8 Å². The Balaban J connectivity index is 1.94. The summed E-state index contributed by atoms with van der Waals surface area (Å²) < 4.78 is 22.3. The zero-order valence-electron chi connectivity index (χ0n) is 27.6. The Morgan fingerprint density at radius 1 is 0.696 bits per heavy atom. The average molecular weight is 668 g/mol. The van der Waals surface area contributed by atoms with Gasteiger partial charge in [-0.05, 0) is 12.8 Å². The van der Waals surface area contributed by atoms with Crippen molar-refractivity contribution in [3.8, 4) is 0 Å². The second-order valence-corrected chi connectivity index (χ2v) is 12.7. The highest BCUT2D eigenvalue weighted by Gasteiger charge is 2.50. The summed E-state index contributed by atoms with van der Waals surface area (Å²) in [6, 6.07) is -0.813. The van der Waals surface area contributed by atoms with Gasteiger partial charge in [-0.15, -0.1) is 0 Å². The highest BCUT2D eigenvalue weighted by atomic mass is 16.7. The minimum absolute atomic E-state index is 0.225. The van der Waals surface area contributed by atoms with Crippen LogP contribution in [0.25, 0.3) is 0 Å². The topological polar surface area (TPSA) is 228 Å². The number of nitrogens with one attached hydrogen (secondary N) is 1. The average Bonchev–Trinajstić information content (AvgIpc) is 3.05. The van der Waals surface area contributed by atoms with E-state index in [0.29, 0.717) is 12.8 Å². The molecule has 14 nitrogen and oxygen atoms in total. The Morgan fingerprint density at radius 3 is 1.85 bits per heavy atom. The maximum atomic E-state index is 12.8. The SMILES string of the molecule is CCCCCCCCCCCC(=O)NC(COC1OC(CO)C(OC2OC(CO)C(O)C(O)C2O)C(O)C1O)C(O)CCCCC. The molecule has 0 aliphatic carbocycles. The molecule has 0 aromatic rings. The third kappa shape index (κ3) is 13.1. The van der Waals surface area contributed by atoms with E-state index in [1.54, 1.807) is 0 Å². The number of aliphatic hydroxyl groups excluding tert-OH is 8. The molecule has 9 N–H and O–H groups in total. The molecule has 2 heterocycles. The molecule has 2 aliphatic rings. The summed E-state index contributed by atoms with van der Waals surface area (Å²) in [5, 5.41) is 85.2. The molecule has 0 radical (unpaired) electrons. The van der Waals surface area contributed by atoms with Crippen LogP contribution < -0.4 is 5.32 Å². The van der Waals surface area contributed by atoms with Crippen molar-refractivity contribution in [2.45, 2.75) is 177 Å². The molecule has 0 aromatic carbocycles. The molecule has 1 amide bonds. The van der Waals surface area contributed by atoms with Crippen molar-refractivity contribution in [2.75, 3.05) is 19.8 Å². The largest absolute Gasteiger partial charge is 0.394 e. The summed E-state index contributed by atoms with van der Waals surface area (Å²) in [4.78, 5) is 12.8. The van der Waals surface area contributed by atoms with E-state index in [2.05, 4.69) is 12.2 Å². The summed E-state index contributed by atoms with van der Waals surface area (Å²) in [5.41, 5.74) is 0. The summed E-state index contributed by atoms with van der Waals surface area (Å²) in [6.07, 6.45) is -3.22. The first-order valence-electron chi connectivity index (χ1n) is 17.3. The van der Waals surface area contributed by atoms with Gasteiger partial charge in [-0.3, -0.25) is 4.79 Å². The molecule has 0 saturated carbocycles. The fourth-order valence-electron chi connectivity index (χ4n) is 5.82. The lowest BCUT2D eigenvalue weighted by molar-refractivity contribution is -0.359. The normalized spacial score (nSPS) is 33.1. The minimum Gasteiger partial charge on any atom is -0.394 e. The quantitative estimate of drug-likeness (QED) is 0.0654. The predicted octanol–water partition coefficient (Wildman–Crippen LogP) is -0.0260. The van der Waals surface area contributed by atoms with Gasteiger partial charge in [0.2, 0.25) is 5.91 Å². The van der Waals surface area contributed by atoms with Crippen LogP contribution >= 0.6 is 0 Å². The van der Waals surface area contributed by atoms with E-state index in [0.717, 1.165) is 44.9 Å². The molecular formula is C32H61NO13. The molecule has 272 valence electrons. The zero-order valence-corrected chi connectivity index (χ0v) is 27.6. The highest BCUT2D eigenvalue weighted by molar-refractivity contribution is 5.76. The van der Waals surface area contributed by atoms with Gasteiger partial charge >= 0.3 is 0 Å². The number of aliphatic hydroxyl groups is 8. The molecule has 46 heavy (non-hydrogen) atoms. The van der Waals surface area contributed by atoms with Gasteiger partial charge in [0, 0.05) is 6.42 Å². The molecule has 0 spiro atoms. The first-order valence-corrected chi connectivity index (χ1v) is 17.3. The predicted molar refractivity (Wildman–Crippen MR) is 166 cm³/mol. The first-order chi connectivity index (χ1) is 22.1. The minimum atomic E-state index is -1.77. The Bertz CT molecular complexity index is 806. The molecule has 14 heteroatoms. The van der Waals surface area contributed by atoms with Crippen LogP contribution in [0.15, 0.2) is 0 Å². The number of carbonyl (C=O) groups excluding carboxylic acids is 1. The van der Waals surface area contributed by atoms with Gasteiger partial charge in [0.1, 0.15) is 48.8 Å². The van der Waals surface area contributed by atoms with Crippen LogP contribution in [0.4, 0.5) is 0 Å². The third-order valence-corrected chi connectivity index (χ3v) is 8.82. The molecule has 0 aromatic heterocycles. The zero-order chi connectivity index (χ0) is 34.1. The molecular weight excluding hydrogens is 606 g/mol. The molecule has 2 aliphatic heterocycles. The first kappa shape index (κ1) is 41.2. The van der Waals surface area contributed by atoms with Crippen LogP contribution in [0.1, 0.15) is 104 Å². The number of ether oxygens (including phenoxy) is 4. The molecule has 12 atom stereocenters. The van der Waals surface area contributed by atoms with Crippen molar-refractivity contribution < 1.29 is 64.6 Å². The van der Waals surface area contributed by atoms with E-state index in [1.165, 1.54) is 32.1 Å². The molecule has 2 fully saturated rings. The summed E-state index contributed by atoms with van der Waals surface area (Å²) in [5.74, 6) is -0.225. The smallest absolute Gasteiger partial charge is 0.220 e. The Kier molecular flexibility index (Phi) is 20.2. The van der Waals surface area contributed by atoms with E-state index in [9.17, 15) is 45.6 Å². The van der Waals surface area contributed by atoms with Crippen LogP contribution in [-0.4, -0.2) is 140 Å². The highest BCUT2D eigenvalue weighted by Crippen LogP contribution is 2.29. The van der Waals surface area contributed by atoms with Gasteiger partial charge < -0.3 is 65.1 Å². The maximum absolute atomic E-state index is 12.8. The summed E-state index contributed by atoms with van der Waals surface area (Å²) >= 11 is 0. The number of carbonyl (C=O) groups is 1. The van der Waals surface area contributed by atoms with Crippen molar-refractivity contribution >= 4 is 5.91 Å². The van der Waals surface area contributed by atoms with Crippen molar-refractivity contribution in [1.29, 1.82) is 0 Å². The standard InChI is InChI=1S/C32H61NO13/c1-3-5-7-8-9-10-11-12-14-16-24(37)33-20(21(36)15-13-6-4-2)19-43-31-29(42)27(40)30(23(18-35)45-31)46-32-28(41)26(39)25(38)22(17-34)44-32/h20-23,25-32,34-36,38-42H,3-19H2,1-2H3,(H,33,37). The second kappa shape index (κ2) is 22.6. The lowest BCUT2D eigenvalue weighted by Gasteiger charge is -2.46. The Hall–Kier alpha value is -1.01. The van der Waals surface area contributed by atoms with E-state index in [-0.39, 0.29) is 12.5 Å². The van der Waals surface area contributed by atoms with Crippen LogP contribution in [0, 0.1) is 0 Å². The fourth-order valence-corrected chi connectivity index (χ4v) is 5.82. The van der Waals surface area contributed by atoms with Gasteiger partial charge in [-0.1, -0.05) is 84.5 Å². The van der Waals surface area contributed by atoms with Crippen molar-refractivity contribution in [3.63, 3.8) is 0 Å². The maximum Gasteiger partial charge on any atom is 0.220 e.